The van der Waals surface area contributed by atoms with Gasteiger partial charge in [0.15, 0.2) is 5.78 Å². The number of carbonyl (C=O) groups excluding carboxylic acids is 1. The number of para-hydroxylation sites is 1. The fourth-order valence-corrected chi connectivity index (χ4v) is 5.41. The Hall–Kier alpha value is -4.70. The predicted molar refractivity (Wildman–Crippen MR) is 150 cm³/mol. The molecule has 0 bridgehead atoms. The Morgan fingerprint density at radius 1 is 0.730 bits per heavy atom. The number of aromatic nitrogens is 1. The molecule has 4 heteroatoms. The van der Waals surface area contributed by atoms with Gasteiger partial charge in [-0.25, -0.2) is 0 Å². The molecule has 0 radical (unpaired) electrons. The van der Waals surface area contributed by atoms with Gasteiger partial charge in [-0.15, -0.1) is 0 Å². The van der Waals surface area contributed by atoms with Crippen LogP contribution in [0, 0.1) is 5.41 Å². The lowest BCUT2D eigenvalue weighted by Crippen LogP contribution is -2.42. The van der Waals surface area contributed by atoms with Crippen molar-refractivity contribution in [1.29, 1.82) is 0 Å². The molecule has 4 aromatic carbocycles. The molecule has 0 fully saturated rings. The highest BCUT2D eigenvalue weighted by Crippen LogP contribution is 2.51. The normalized spacial score (nSPS) is 19.0. The maximum absolute atomic E-state index is 14.8. The second-order valence-electron chi connectivity index (χ2n) is 9.49. The number of ketones is 1. The number of anilines is 1. The maximum Gasteiger partial charge on any atom is 0.179 e. The number of hydrazone groups is 1. The van der Waals surface area contributed by atoms with Crippen LogP contribution in [0.2, 0.25) is 0 Å². The van der Waals surface area contributed by atoms with Crippen molar-refractivity contribution >= 4 is 17.2 Å². The van der Waals surface area contributed by atoms with Crippen molar-refractivity contribution in [3.8, 4) is 11.1 Å². The third-order valence-corrected chi connectivity index (χ3v) is 7.22. The summed E-state index contributed by atoms with van der Waals surface area (Å²) < 4.78 is 0. The van der Waals surface area contributed by atoms with E-state index in [1.807, 2.05) is 134 Å². The summed E-state index contributed by atoms with van der Waals surface area (Å²) in [5.41, 5.74) is 5.27. The minimum Gasteiger partial charge on any atom is -0.366 e. The van der Waals surface area contributed by atoms with Crippen molar-refractivity contribution in [2.45, 2.75) is 13.0 Å². The summed E-state index contributed by atoms with van der Waals surface area (Å²) >= 11 is 0. The molecule has 0 saturated heterocycles. The Bertz CT molecular complexity index is 1540. The monoisotopic (exact) mass is 481 g/mol. The van der Waals surface area contributed by atoms with E-state index in [1.54, 1.807) is 0 Å². The van der Waals surface area contributed by atoms with Crippen molar-refractivity contribution in [3.63, 3.8) is 0 Å². The number of aromatic amines is 1. The minimum atomic E-state index is -0.968. The van der Waals surface area contributed by atoms with Crippen LogP contribution in [0.15, 0.2) is 139 Å². The van der Waals surface area contributed by atoms with Gasteiger partial charge >= 0.3 is 0 Å². The van der Waals surface area contributed by atoms with Crippen molar-refractivity contribution in [2.24, 2.45) is 10.5 Å². The van der Waals surface area contributed by atoms with Crippen molar-refractivity contribution in [2.75, 3.05) is 5.01 Å². The largest absolute Gasteiger partial charge is 0.366 e. The van der Waals surface area contributed by atoms with Crippen molar-refractivity contribution in [3.05, 3.63) is 150 Å². The minimum absolute atomic E-state index is 0.0301. The van der Waals surface area contributed by atoms with Crippen LogP contribution in [-0.4, -0.2) is 16.5 Å². The van der Waals surface area contributed by atoms with E-state index in [9.17, 15) is 4.79 Å². The highest BCUT2D eigenvalue weighted by Gasteiger charge is 2.55. The Kier molecular flexibility index (Phi) is 5.78. The van der Waals surface area contributed by atoms with Gasteiger partial charge in [-0.05, 0) is 35.7 Å². The first-order chi connectivity index (χ1) is 18.2. The summed E-state index contributed by atoms with van der Waals surface area (Å²) in [6, 6.07) is 40.1. The van der Waals surface area contributed by atoms with Crippen LogP contribution >= 0.6 is 0 Å². The Labute approximate surface area is 216 Å². The number of benzene rings is 4. The number of nitrogens with zero attached hydrogens (tertiary/aromatic N) is 2. The van der Waals surface area contributed by atoms with Gasteiger partial charge in [-0.2, -0.15) is 5.10 Å². The van der Waals surface area contributed by atoms with E-state index in [2.05, 4.69) is 17.1 Å². The average molecular weight is 482 g/mol. The second kappa shape index (κ2) is 9.40. The fraction of sp³-hybridized carbons (Fsp3) is 0.0909. The molecule has 2 heterocycles. The number of hydrogen-bond donors (Lipinski definition) is 1. The van der Waals surface area contributed by atoms with E-state index in [-0.39, 0.29) is 11.8 Å². The molecule has 2 atom stereocenters. The molecule has 1 aliphatic rings. The topological polar surface area (TPSA) is 48.5 Å². The Morgan fingerprint density at radius 2 is 1.27 bits per heavy atom. The SMILES string of the molecule is CC1(C(=O)c2c[nH]cc2-c2ccccc2)C(c2ccccc2)=NN(c2ccccc2)C1c1ccccc1. The zero-order chi connectivity index (χ0) is 25.2. The van der Waals surface area contributed by atoms with E-state index < -0.39 is 5.41 Å². The molecule has 37 heavy (non-hydrogen) atoms. The first kappa shape index (κ1) is 22.7. The van der Waals surface area contributed by atoms with Crippen LogP contribution in [0.3, 0.4) is 0 Å². The van der Waals surface area contributed by atoms with Crippen LogP contribution < -0.4 is 5.01 Å². The van der Waals surface area contributed by atoms with Gasteiger partial charge in [0.25, 0.3) is 0 Å². The highest BCUT2D eigenvalue weighted by atomic mass is 16.1. The van der Waals surface area contributed by atoms with Crippen LogP contribution in [0.1, 0.15) is 34.5 Å². The molecule has 4 nitrogen and oxygen atoms in total. The number of hydrogen-bond acceptors (Lipinski definition) is 3. The van der Waals surface area contributed by atoms with Gasteiger partial charge in [0.2, 0.25) is 0 Å². The van der Waals surface area contributed by atoms with Crippen LogP contribution in [0.25, 0.3) is 11.1 Å². The molecule has 0 amide bonds. The lowest BCUT2D eigenvalue weighted by Gasteiger charge is -2.35. The molecule has 2 unspecified atom stereocenters. The standard InChI is InChI=1S/C33H27N3O/c1-33(32(37)29-23-34-22-28(29)24-14-6-2-7-15-24)30(25-16-8-3-9-17-25)35-36(27-20-12-5-13-21-27)31(33)26-18-10-4-11-19-26/h2-23,31,34H,1H3. The molecule has 0 spiro atoms. The predicted octanol–water partition coefficient (Wildman–Crippen LogP) is 7.54. The van der Waals surface area contributed by atoms with Gasteiger partial charge in [0.05, 0.1) is 17.4 Å². The molecule has 180 valence electrons. The summed E-state index contributed by atoms with van der Waals surface area (Å²) in [6.45, 7) is 2.05. The first-order valence-corrected chi connectivity index (χ1v) is 12.5. The Balaban J connectivity index is 1.58. The summed E-state index contributed by atoms with van der Waals surface area (Å²) in [7, 11) is 0. The molecular formula is C33H27N3O. The molecule has 0 aliphatic carbocycles. The molecular weight excluding hydrogens is 454 g/mol. The zero-order valence-corrected chi connectivity index (χ0v) is 20.6. The van der Waals surface area contributed by atoms with Gasteiger partial charge < -0.3 is 4.98 Å². The summed E-state index contributed by atoms with van der Waals surface area (Å²) in [4.78, 5) is 18.0. The molecule has 1 aromatic heterocycles. The van der Waals surface area contributed by atoms with Gasteiger partial charge in [-0.3, -0.25) is 9.80 Å². The summed E-state index contributed by atoms with van der Waals surface area (Å²) in [5.74, 6) is 0.0301. The molecule has 1 aliphatic heterocycles. The van der Waals surface area contributed by atoms with Crippen LogP contribution in [0.5, 0.6) is 0 Å². The molecule has 5 aromatic rings. The van der Waals surface area contributed by atoms with E-state index in [0.717, 1.165) is 33.7 Å². The number of Topliss-reactive ketones (excluding diaryl/α,β-unsaturated/α-hetero) is 1. The van der Waals surface area contributed by atoms with Crippen molar-refractivity contribution in [1.82, 2.24) is 4.98 Å². The average Bonchev–Trinajstić information content (AvgIpc) is 3.58. The van der Waals surface area contributed by atoms with E-state index >= 15 is 0 Å². The number of H-pyrrole nitrogens is 1. The highest BCUT2D eigenvalue weighted by molar-refractivity contribution is 6.25. The number of nitrogens with one attached hydrogen (secondary N) is 1. The number of carbonyl (C=O) groups is 1. The molecule has 6 rings (SSSR count). The Morgan fingerprint density at radius 3 is 1.89 bits per heavy atom. The lowest BCUT2D eigenvalue weighted by atomic mass is 9.68. The fourth-order valence-electron chi connectivity index (χ4n) is 5.41. The van der Waals surface area contributed by atoms with Gasteiger partial charge in [-0.1, -0.05) is 109 Å². The lowest BCUT2D eigenvalue weighted by molar-refractivity contribution is 0.0869. The molecule has 0 saturated carbocycles. The quantitative estimate of drug-likeness (QED) is 0.255. The van der Waals surface area contributed by atoms with Gasteiger partial charge in [0, 0.05) is 23.5 Å². The maximum atomic E-state index is 14.8. The third kappa shape index (κ3) is 3.87. The number of rotatable bonds is 6. The van der Waals surface area contributed by atoms with Gasteiger partial charge in [0.1, 0.15) is 5.41 Å². The van der Waals surface area contributed by atoms with E-state index in [0.29, 0.717) is 5.56 Å². The van der Waals surface area contributed by atoms with Crippen molar-refractivity contribution < 1.29 is 4.79 Å². The molecule has 1 N–H and O–H groups in total. The van der Waals surface area contributed by atoms with Crippen LogP contribution in [0.4, 0.5) is 5.69 Å². The third-order valence-electron chi connectivity index (χ3n) is 7.22. The zero-order valence-electron chi connectivity index (χ0n) is 20.6. The summed E-state index contributed by atoms with van der Waals surface area (Å²) in [6.07, 6.45) is 3.73. The first-order valence-electron chi connectivity index (χ1n) is 12.5. The van der Waals surface area contributed by atoms with E-state index in [1.165, 1.54) is 0 Å². The summed E-state index contributed by atoms with van der Waals surface area (Å²) in [5, 5.41) is 7.21. The van der Waals surface area contributed by atoms with E-state index in [4.69, 9.17) is 5.10 Å². The van der Waals surface area contributed by atoms with Crippen LogP contribution in [-0.2, 0) is 0 Å². The second-order valence-corrected chi connectivity index (χ2v) is 9.49. The smallest absolute Gasteiger partial charge is 0.179 e.